The summed E-state index contributed by atoms with van der Waals surface area (Å²) in [5.41, 5.74) is 0.931. The standard InChI is InChI=1S/C13H19NO2/c1-13(9-10(15)7-8-14-13)11-5-3-4-6-12(11)16-2/h3-6,10,14-15H,7-9H2,1-2H3. The van der Waals surface area contributed by atoms with Crippen molar-refractivity contribution in [2.24, 2.45) is 0 Å². The first-order chi connectivity index (χ1) is 7.65. The molecule has 2 rings (SSSR count). The number of aliphatic hydroxyl groups excluding tert-OH is 1. The van der Waals surface area contributed by atoms with Gasteiger partial charge in [0.25, 0.3) is 0 Å². The molecule has 1 aliphatic heterocycles. The molecule has 2 unspecified atom stereocenters. The predicted octanol–water partition coefficient (Wildman–Crippen LogP) is 1.65. The highest BCUT2D eigenvalue weighted by Gasteiger charge is 2.34. The van der Waals surface area contributed by atoms with Crippen LogP contribution in [0.2, 0.25) is 0 Å². The van der Waals surface area contributed by atoms with Crippen molar-refractivity contribution in [3.63, 3.8) is 0 Å². The summed E-state index contributed by atoms with van der Waals surface area (Å²) in [5.74, 6) is 0.881. The normalized spacial score (nSPS) is 30.1. The third-order valence-electron chi connectivity index (χ3n) is 3.34. The molecule has 1 aromatic carbocycles. The van der Waals surface area contributed by atoms with Gasteiger partial charge < -0.3 is 15.2 Å². The van der Waals surface area contributed by atoms with E-state index in [9.17, 15) is 5.11 Å². The van der Waals surface area contributed by atoms with Gasteiger partial charge in [-0.15, -0.1) is 0 Å². The highest BCUT2D eigenvalue weighted by Crippen LogP contribution is 2.35. The van der Waals surface area contributed by atoms with Crippen LogP contribution in [0.15, 0.2) is 24.3 Å². The number of piperidine rings is 1. The minimum Gasteiger partial charge on any atom is -0.496 e. The van der Waals surface area contributed by atoms with E-state index < -0.39 is 0 Å². The Morgan fingerprint density at radius 3 is 2.88 bits per heavy atom. The van der Waals surface area contributed by atoms with Crippen LogP contribution in [0.5, 0.6) is 5.75 Å². The Morgan fingerprint density at radius 1 is 1.44 bits per heavy atom. The lowest BCUT2D eigenvalue weighted by Crippen LogP contribution is -2.48. The lowest BCUT2D eigenvalue weighted by atomic mass is 9.82. The van der Waals surface area contributed by atoms with Crippen LogP contribution in [-0.4, -0.2) is 24.9 Å². The Hall–Kier alpha value is -1.06. The first-order valence-corrected chi connectivity index (χ1v) is 5.72. The smallest absolute Gasteiger partial charge is 0.123 e. The van der Waals surface area contributed by atoms with E-state index in [1.165, 1.54) is 0 Å². The third kappa shape index (κ3) is 2.06. The lowest BCUT2D eigenvalue weighted by molar-refractivity contribution is 0.0824. The van der Waals surface area contributed by atoms with Crippen molar-refractivity contribution in [1.82, 2.24) is 5.32 Å². The fraction of sp³-hybridized carbons (Fsp3) is 0.538. The summed E-state index contributed by atoms with van der Waals surface area (Å²) in [7, 11) is 1.68. The summed E-state index contributed by atoms with van der Waals surface area (Å²) in [4.78, 5) is 0. The molecule has 1 aromatic rings. The molecule has 0 aliphatic carbocycles. The molecule has 3 nitrogen and oxygen atoms in total. The van der Waals surface area contributed by atoms with E-state index in [1.54, 1.807) is 7.11 Å². The molecule has 0 aromatic heterocycles. The van der Waals surface area contributed by atoms with Gasteiger partial charge in [0.2, 0.25) is 0 Å². The molecule has 1 saturated heterocycles. The van der Waals surface area contributed by atoms with Gasteiger partial charge in [-0.1, -0.05) is 18.2 Å². The van der Waals surface area contributed by atoms with Gasteiger partial charge in [0, 0.05) is 11.1 Å². The molecule has 1 aliphatic rings. The number of hydrogen-bond acceptors (Lipinski definition) is 3. The maximum atomic E-state index is 9.79. The van der Waals surface area contributed by atoms with Gasteiger partial charge in [-0.05, 0) is 32.4 Å². The van der Waals surface area contributed by atoms with Gasteiger partial charge >= 0.3 is 0 Å². The van der Waals surface area contributed by atoms with Crippen LogP contribution < -0.4 is 10.1 Å². The van der Waals surface area contributed by atoms with Crippen molar-refractivity contribution in [2.45, 2.75) is 31.4 Å². The van der Waals surface area contributed by atoms with Gasteiger partial charge in [0.05, 0.1) is 13.2 Å². The van der Waals surface area contributed by atoms with Crippen molar-refractivity contribution in [3.05, 3.63) is 29.8 Å². The molecule has 0 bridgehead atoms. The summed E-state index contributed by atoms with van der Waals surface area (Å²) in [5, 5.41) is 13.3. The van der Waals surface area contributed by atoms with Crippen molar-refractivity contribution in [1.29, 1.82) is 0 Å². The number of aliphatic hydroxyl groups is 1. The van der Waals surface area contributed by atoms with E-state index in [1.807, 2.05) is 18.2 Å². The maximum Gasteiger partial charge on any atom is 0.123 e. The van der Waals surface area contributed by atoms with Crippen molar-refractivity contribution < 1.29 is 9.84 Å². The average Bonchev–Trinajstić information content (AvgIpc) is 2.29. The third-order valence-corrected chi connectivity index (χ3v) is 3.34. The first-order valence-electron chi connectivity index (χ1n) is 5.72. The molecule has 2 atom stereocenters. The first kappa shape index (κ1) is 11.4. The molecule has 0 amide bonds. The number of methoxy groups -OCH3 is 1. The molecule has 16 heavy (non-hydrogen) atoms. The average molecular weight is 221 g/mol. The van der Waals surface area contributed by atoms with Gasteiger partial charge in [-0.2, -0.15) is 0 Å². The van der Waals surface area contributed by atoms with E-state index in [0.717, 1.165) is 30.7 Å². The summed E-state index contributed by atoms with van der Waals surface area (Å²) < 4.78 is 5.38. The van der Waals surface area contributed by atoms with Crippen LogP contribution >= 0.6 is 0 Å². The molecule has 2 N–H and O–H groups in total. The largest absolute Gasteiger partial charge is 0.496 e. The van der Waals surface area contributed by atoms with Gasteiger partial charge in [-0.25, -0.2) is 0 Å². The molecule has 1 fully saturated rings. The number of benzene rings is 1. The van der Waals surface area contributed by atoms with Gasteiger partial charge in [-0.3, -0.25) is 0 Å². The van der Waals surface area contributed by atoms with E-state index >= 15 is 0 Å². The number of rotatable bonds is 2. The topological polar surface area (TPSA) is 41.5 Å². The van der Waals surface area contributed by atoms with E-state index in [4.69, 9.17) is 4.74 Å². The number of hydrogen-bond donors (Lipinski definition) is 2. The van der Waals surface area contributed by atoms with Crippen molar-refractivity contribution in [3.8, 4) is 5.75 Å². The van der Waals surface area contributed by atoms with Crippen LogP contribution in [0.4, 0.5) is 0 Å². The Bertz CT molecular complexity index is 367. The molecule has 3 heteroatoms. The minimum absolute atomic E-state index is 0.190. The van der Waals surface area contributed by atoms with E-state index in [-0.39, 0.29) is 11.6 Å². The second kappa shape index (κ2) is 4.44. The van der Waals surface area contributed by atoms with Crippen LogP contribution in [0.1, 0.15) is 25.3 Å². The van der Waals surface area contributed by atoms with Gasteiger partial charge in [0.15, 0.2) is 0 Å². The summed E-state index contributed by atoms with van der Waals surface area (Å²) in [6.45, 7) is 2.96. The van der Waals surface area contributed by atoms with Gasteiger partial charge in [0.1, 0.15) is 5.75 Å². The van der Waals surface area contributed by atoms with E-state index in [0.29, 0.717) is 0 Å². The van der Waals surface area contributed by atoms with Crippen LogP contribution in [0.25, 0.3) is 0 Å². The second-order valence-corrected chi connectivity index (χ2v) is 4.61. The fourth-order valence-corrected chi connectivity index (χ4v) is 2.47. The van der Waals surface area contributed by atoms with Crippen LogP contribution in [-0.2, 0) is 5.54 Å². The zero-order valence-electron chi connectivity index (χ0n) is 9.86. The summed E-state index contributed by atoms with van der Waals surface area (Å²) >= 11 is 0. The Labute approximate surface area is 96.4 Å². The fourth-order valence-electron chi connectivity index (χ4n) is 2.47. The lowest BCUT2D eigenvalue weighted by Gasteiger charge is -2.38. The Morgan fingerprint density at radius 2 is 2.19 bits per heavy atom. The maximum absolute atomic E-state index is 9.79. The Kier molecular flexibility index (Phi) is 3.17. The molecule has 88 valence electrons. The molecule has 1 heterocycles. The summed E-state index contributed by atoms with van der Waals surface area (Å²) in [6, 6.07) is 7.99. The molecular weight excluding hydrogens is 202 g/mol. The molecule has 0 spiro atoms. The number of ether oxygens (including phenoxy) is 1. The highest BCUT2D eigenvalue weighted by atomic mass is 16.5. The van der Waals surface area contributed by atoms with E-state index in [2.05, 4.69) is 18.3 Å². The highest BCUT2D eigenvalue weighted by molar-refractivity contribution is 5.39. The number of nitrogens with one attached hydrogen (secondary N) is 1. The Balaban J connectivity index is 2.34. The SMILES string of the molecule is COc1ccccc1C1(C)CC(O)CCN1. The van der Waals surface area contributed by atoms with Crippen LogP contribution in [0, 0.1) is 0 Å². The minimum atomic E-state index is -0.226. The molecular formula is C13H19NO2. The zero-order valence-corrected chi connectivity index (χ0v) is 9.86. The van der Waals surface area contributed by atoms with Crippen LogP contribution in [0.3, 0.4) is 0 Å². The number of para-hydroxylation sites is 1. The molecule has 0 radical (unpaired) electrons. The zero-order chi connectivity index (χ0) is 11.6. The molecule has 0 saturated carbocycles. The van der Waals surface area contributed by atoms with Crippen molar-refractivity contribution >= 4 is 0 Å². The summed E-state index contributed by atoms with van der Waals surface area (Å²) in [6.07, 6.45) is 1.33. The van der Waals surface area contributed by atoms with Crippen molar-refractivity contribution in [2.75, 3.05) is 13.7 Å². The monoisotopic (exact) mass is 221 g/mol. The predicted molar refractivity (Wildman–Crippen MR) is 63.6 cm³/mol. The quantitative estimate of drug-likeness (QED) is 0.798. The second-order valence-electron chi connectivity index (χ2n) is 4.61.